The molecule has 2 heterocycles. The summed E-state index contributed by atoms with van der Waals surface area (Å²) in [6, 6.07) is 17.7. The van der Waals surface area contributed by atoms with Crippen molar-refractivity contribution in [1.29, 1.82) is 0 Å². The van der Waals surface area contributed by atoms with Crippen LogP contribution in [0.2, 0.25) is 0 Å². The van der Waals surface area contributed by atoms with Gasteiger partial charge in [-0.25, -0.2) is 0 Å². The summed E-state index contributed by atoms with van der Waals surface area (Å²) in [4.78, 5) is 30.4. The van der Waals surface area contributed by atoms with Gasteiger partial charge in [-0.15, -0.1) is 11.3 Å². The molecule has 144 valence electrons. The molecule has 1 fully saturated rings. The summed E-state index contributed by atoms with van der Waals surface area (Å²) in [6.45, 7) is 0. The molecule has 2 amide bonds. The second-order valence-corrected chi connectivity index (χ2v) is 9.09. The molecule has 2 aliphatic rings. The Hall–Kier alpha value is -2.83. The first kappa shape index (κ1) is 18.2. The molecule has 1 saturated carbocycles. The van der Waals surface area contributed by atoms with Gasteiger partial charge in [-0.1, -0.05) is 30.0 Å². The van der Waals surface area contributed by atoms with Crippen LogP contribution in [-0.2, 0) is 4.79 Å². The van der Waals surface area contributed by atoms with E-state index in [9.17, 15) is 9.59 Å². The highest BCUT2D eigenvalue weighted by atomic mass is 32.2. The summed E-state index contributed by atoms with van der Waals surface area (Å²) in [5.74, 6) is -0.113. The Morgan fingerprint density at radius 3 is 2.72 bits per heavy atom. The van der Waals surface area contributed by atoms with E-state index in [1.165, 1.54) is 0 Å². The molecule has 0 atom stereocenters. The van der Waals surface area contributed by atoms with Crippen molar-refractivity contribution in [3.8, 4) is 0 Å². The van der Waals surface area contributed by atoms with Crippen LogP contribution in [-0.4, -0.2) is 17.9 Å². The zero-order valence-electron chi connectivity index (χ0n) is 15.5. The van der Waals surface area contributed by atoms with Crippen LogP contribution in [0.3, 0.4) is 0 Å². The molecule has 0 unspecified atom stereocenters. The van der Waals surface area contributed by atoms with Gasteiger partial charge in [-0.05, 0) is 60.7 Å². The highest BCUT2D eigenvalue weighted by molar-refractivity contribution is 7.99. The van der Waals surface area contributed by atoms with Gasteiger partial charge >= 0.3 is 0 Å². The number of rotatable bonds is 4. The monoisotopic (exact) mass is 418 g/mol. The number of hydrogen-bond donors (Lipinski definition) is 1. The molecule has 0 bridgehead atoms. The van der Waals surface area contributed by atoms with E-state index in [2.05, 4.69) is 5.32 Å². The number of carbonyl (C=O) groups is 2. The second kappa shape index (κ2) is 7.54. The van der Waals surface area contributed by atoms with E-state index >= 15 is 0 Å². The zero-order chi connectivity index (χ0) is 19.8. The van der Waals surface area contributed by atoms with Gasteiger partial charge < -0.3 is 10.2 Å². The third-order valence-corrected chi connectivity index (χ3v) is 6.86. The van der Waals surface area contributed by atoms with Crippen LogP contribution < -0.4 is 10.2 Å². The van der Waals surface area contributed by atoms with E-state index in [4.69, 9.17) is 0 Å². The molecule has 1 aliphatic carbocycles. The number of amides is 2. The van der Waals surface area contributed by atoms with E-state index in [1.54, 1.807) is 29.2 Å². The summed E-state index contributed by atoms with van der Waals surface area (Å²) in [6.07, 6.45) is 5.41. The minimum atomic E-state index is -0.174. The van der Waals surface area contributed by atoms with Crippen molar-refractivity contribution in [3.63, 3.8) is 0 Å². The van der Waals surface area contributed by atoms with Gasteiger partial charge in [-0.3, -0.25) is 9.59 Å². The summed E-state index contributed by atoms with van der Waals surface area (Å²) in [5, 5.41) is 4.91. The van der Waals surface area contributed by atoms with Crippen molar-refractivity contribution in [2.24, 2.45) is 0 Å². The fraction of sp³-hybridized carbons (Fsp3) is 0.130. The molecule has 0 radical (unpaired) electrons. The van der Waals surface area contributed by atoms with Crippen LogP contribution in [0.5, 0.6) is 0 Å². The highest BCUT2D eigenvalue weighted by Crippen LogP contribution is 2.46. The fourth-order valence-corrected chi connectivity index (χ4v) is 5.11. The first-order valence-electron chi connectivity index (χ1n) is 9.46. The third kappa shape index (κ3) is 3.73. The van der Waals surface area contributed by atoms with Crippen molar-refractivity contribution in [2.75, 3.05) is 10.2 Å². The lowest BCUT2D eigenvalue weighted by atomic mass is 10.1. The number of nitrogens with zero attached hydrogens (tertiary/aromatic N) is 1. The third-order valence-electron chi connectivity index (χ3n) is 4.90. The van der Waals surface area contributed by atoms with Crippen LogP contribution >= 0.6 is 23.1 Å². The number of thiophene rings is 1. The van der Waals surface area contributed by atoms with Crippen LogP contribution in [0.4, 0.5) is 11.4 Å². The molecule has 3 aromatic rings. The average molecular weight is 419 g/mol. The SMILES string of the molecule is O=C(/C=C/c1cccs1)Nc1ccc2c(c1)Sc1ccccc1C(=O)N2C1CC1. The molecule has 5 rings (SSSR count). The van der Waals surface area contributed by atoms with Gasteiger partial charge in [-0.2, -0.15) is 0 Å². The molecular formula is C23H18N2O2S2. The predicted molar refractivity (Wildman–Crippen MR) is 119 cm³/mol. The maximum atomic E-state index is 13.2. The Bertz CT molecular complexity index is 1120. The quantitative estimate of drug-likeness (QED) is 0.555. The standard InChI is InChI=1S/C23H18N2O2S2/c26-22(12-10-17-4-3-13-28-17)24-15-7-11-19-21(14-15)29-20-6-2-1-5-18(20)23(27)25(19)16-8-9-16/h1-7,10-14,16H,8-9H2,(H,24,26)/b12-10+. The summed E-state index contributed by atoms with van der Waals surface area (Å²) < 4.78 is 0. The van der Waals surface area contributed by atoms with E-state index in [0.717, 1.165) is 44.4 Å². The molecule has 6 heteroatoms. The van der Waals surface area contributed by atoms with Crippen molar-refractivity contribution < 1.29 is 9.59 Å². The molecule has 0 spiro atoms. The van der Waals surface area contributed by atoms with Crippen molar-refractivity contribution in [3.05, 3.63) is 76.5 Å². The Morgan fingerprint density at radius 1 is 1.07 bits per heavy atom. The smallest absolute Gasteiger partial charge is 0.259 e. The number of anilines is 2. The van der Waals surface area contributed by atoms with Gasteiger partial charge in [0.25, 0.3) is 5.91 Å². The fourth-order valence-electron chi connectivity index (χ4n) is 3.39. The Kier molecular flexibility index (Phi) is 4.73. The normalized spacial score (nSPS) is 15.7. The molecule has 2 aromatic carbocycles. The van der Waals surface area contributed by atoms with Crippen LogP contribution in [0.15, 0.2) is 75.8 Å². The molecular weight excluding hydrogens is 400 g/mol. The minimum Gasteiger partial charge on any atom is -0.322 e. The summed E-state index contributed by atoms with van der Waals surface area (Å²) >= 11 is 3.17. The molecule has 4 nitrogen and oxygen atoms in total. The Balaban J connectivity index is 1.45. The lowest BCUT2D eigenvalue weighted by Crippen LogP contribution is -2.32. The lowest BCUT2D eigenvalue weighted by molar-refractivity contribution is -0.111. The first-order chi connectivity index (χ1) is 14.2. The number of carbonyl (C=O) groups excluding carboxylic acids is 2. The van der Waals surface area contributed by atoms with Crippen molar-refractivity contribution >= 4 is 52.4 Å². The average Bonchev–Trinajstić information content (AvgIpc) is 3.43. The maximum absolute atomic E-state index is 13.2. The summed E-state index contributed by atoms with van der Waals surface area (Å²) in [5.41, 5.74) is 2.38. The Morgan fingerprint density at radius 2 is 1.93 bits per heavy atom. The van der Waals surface area contributed by atoms with E-state index in [1.807, 2.05) is 71.0 Å². The minimum absolute atomic E-state index is 0.0602. The molecule has 1 N–H and O–H groups in total. The number of nitrogens with one attached hydrogen (secondary N) is 1. The van der Waals surface area contributed by atoms with Crippen LogP contribution in [0, 0.1) is 0 Å². The number of hydrogen-bond acceptors (Lipinski definition) is 4. The van der Waals surface area contributed by atoms with Gasteiger partial charge in [0, 0.05) is 32.5 Å². The summed E-state index contributed by atoms with van der Waals surface area (Å²) in [7, 11) is 0. The Labute approximate surface area is 177 Å². The lowest BCUT2D eigenvalue weighted by Gasteiger charge is -2.23. The number of fused-ring (bicyclic) bond motifs is 2. The maximum Gasteiger partial charge on any atom is 0.259 e. The van der Waals surface area contributed by atoms with E-state index in [0.29, 0.717) is 0 Å². The zero-order valence-corrected chi connectivity index (χ0v) is 17.1. The van der Waals surface area contributed by atoms with Crippen LogP contribution in [0.25, 0.3) is 6.08 Å². The van der Waals surface area contributed by atoms with Gasteiger partial charge in [0.2, 0.25) is 5.91 Å². The van der Waals surface area contributed by atoms with Crippen molar-refractivity contribution in [1.82, 2.24) is 0 Å². The van der Waals surface area contributed by atoms with E-state index < -0.39 is 0 Å². The molecule has 1 aromatic heterocycles. The van der Waals surface area contributed by atoms with E-state index in [-0.39, 0.29) is 17.9 Å². The molecule has 0 saturated heterocycles. The van der Waals surface area contributed by atoms with Crippen LogP contribution in [0.1, 0.15) is 28.1 Å². The highest BCUT2D eigenvalue weighted by Gasteiger charge is 2.38. The van der Waals surface area contributed by atoms with Gasteiger partial charge in [0.05, 0.1) is 11.3 Å². The molecule has 29 heavy (non-hydrogen) atoms. The number of benzene rings is 2. The predicted octanol–water partition coefficient (Wildman–Crippen LogP) is 5.67. The topological polar surface area (TPSA) is 49.4 Å². The van der Waals surface area contributed by atoms with Gasteiger partial charge in [0.15, 0.2) is 0 Å². The molecule has 1 aliphatic heterocycles. The van der Waals surface area contributed by atoms with Gasteiger partial charge in [0.1, 0.15) is 0 Å². The van der Waals surface area contributed by atoms with Crippen molar-refractivity contribution in [2.45, 2.75) is 28.7 Å². The second-order valence-electron chi connectivity index (χ2n) is 7.03. The largest absolute Gasteiger partial charge is 0.322 e. The first-order valence-corrected chi connectivity index (χ1v) is 11.2.